The molecule has 1 aromatic carbocycles. The molecule has 0 atom stereocenters. The third-order valence-corrected chi connectivity index (χ3v) is 3.05. The fourth-order valence-electron chi connectivity index (χ4n) is 1.87. The van der Waals surface area contributed by atoms with E-state index in [1.807, 2.05) is 0 Å². The average Bonchev–Trinajstić information content (AvgIpc) is 2.98. The molecular weight excluding hydrogens is 194 g/mol. The minimum absolute atomic E-state index is 0.0677. The van der Waals surface area contributed by atoms with Gasteiger partial charge in [-0.1, -0.05) is 12.1 Å². The van der Waals surface area contributed by atoms with Gasteiger partial charge in [-0.3, -0.25) is 14.9 Å². The number of nitro groups is 1. The highest BCUT2D eigenvalue weighted by Gasteiger charge is 2.48. The van der Waals surface area contributed by atoms with Crippen LogP contribution in [0.25, 0.3) is 0 Å². The zero-order chi connectivity index (χ0) is 11.1. The van der Waals surface area contributed by atoms with Crippen LogP contribution in [0.15, 0.2) is 24.3 Å². The van der Waals surface area contributed by atoms with E-state index in [9.17, 15) is 14.9 Å². The number of non-ortho nitro benzene ring substituents is 1. The normalized spacial score (nSPS) is 17.1. The van der Waals surface area contributed by atoms with E-state index in [0.29, 0.717) is 0 Å². The van der Waals surface area contributed by atoms with Gasteiger partial charge >= 0.3 is 0 Å². The molecule has 1 aliphatic rings. The number of nitro benzene ring substituents is 1. The second kappa shape index (κ2) is 3.15. The third kappa shape index (κ3) is 1.52. The molecule has 15 heavy (non-hydrogen) atoms. The second-order valence-corrected chi connectivity index (χ2v) is 3.94. The Kier molecular flexibility index (Phi) is 2.07. The molecule has 78 valence electrons. The molecule has 4 nitrogen and oxygen atoms in total. The van der Waals surface area contributed by atoms with Gasteiger partial charge in [-0.25, -0.2) is 0 Å². The van der Waals surface area contributed by atoms with Crippen LogP contribution < -0.4 is 0 Å². The third-order valence-electron chi connectivity index (χ3n) is 3.05. The highest BCUT2D eigenvalue weighted by molar-refractivity contribution is 5.91. The molecule has 0 aromatic heterocycles. The predicted octanol–water partition coefficient (Wildman–Crippen LogP) is 2.22. The van der Waals surface area contributed by atoms with Crippen molar-refractivity contribution in [3.05, 3.63) is 39.9 Å². The van der Waals surface area contributed by atoms with Crippen LogP contribution in [0, 0.1) is 10.1 Å². The van der Waals surface area contributed by atoms with Gasteiger partial charge in [0, 0.05) is 12.1 Å². The molecule has 2 rings (SSSR count). The van der Waals surface area contributed by atoms with Crippen molar-refractivity contribution in [2.75, 3.05) is 0 Å². The van der Waals surface area contributed by atoms with Gasteiger partial charge in [0.25, 0.3) is 5.69 Å². The van der Waals surface area contributed by atoms with Crippen LogP contribution in [-0.2, 0) is 10.2 Å². The summed E-state index contributed by atoms with van der Waals surface area (Å²) < 4.78 is 0. The first-order chi connectivity index (χ1) is 7.06. The molecule has 0 radical (unpaired) electrons. The number of carbonyl (C=O) groups is 1. The number of benzene rings is 1. The van der Waals surface area contributed by atoms with Gasteiger partial charge in [0.05, 0.1) is 10.3 Å². The summed E-state index contributed by atoms with van der Waals surface area (Å²) in [7, 11) is 0. The van der Waals surface area contributed by atoms with Crippen LogP contribution in [0.3, 0.4) is 0 Å². The number of nitrogens with zero attached hydrogens (tertiary/aromatic N) is 1. The quantitative estimate of drug-likeness (QED) is 0.561. The summed E-state index contributed by atoms with van der Waals surface area (Å²) >= 11 is 0. The summed E-state index contributed by atoms with van der Waals surface area (Å²) in [5.41, 5.74) is 0.633. The fourth-order valence-corrected chi connectivity index (χ4v) is 1.87. The van der Waals surface area contributed by atoms with E-state index < -0.39 is 4.92 Å². The lowest BCUT2D eigenvalue weighted by atomic mass is 9.92. The summed E-state index contributed by atoms with van der Waals surface area (Å²) in [6.45, 7) is 1.58. The highest BCUT2D eigenvalue weighted by Crippen LogP contribution is 2.49. The molecule has 0 heterocycles. The van der Waals surface area contributed by atoms with Gasteiger partial charge in [0.1, 0.15) is 5.78 Å². The highest BCUT2D eigenvalue weighted by atomic mass is 16.6. The Labute approximate surface area is 87.1 Å². The lowest BCUT2D eigenvalue weighted by Gasteiger charge is -2.10. The van der Waals surface area contributed by atoms with Crippen LogP contribution >= 0.6 is 0 Å². The van der Waals surface area contributed by atoms with Gasteiger partial charge in [0.15, 0.2) is 0 Å². The van der Waals surface area contributed by atoms with Gasteiger partial charge < -0.3 is 0 Å². The van der Waals surface area contributed by atoms with Crippen molar-refractivity contribution in [2.24, 2.45) is 0 Å². The molecule has 0 bridgehead atoms. The lowest BCUT2D eigenvalue weighted by molar-refractivity contribution is -0.384. The molecular formula is C11H11NO3. The van der Waals surface area contributed by atoms with Crippen molar-refractivity contribution in [1.82, 2.24) is 0 Å². The van der Waals surface area contributed by atoms with Crippen LogP contribution in [0.4, 0.5) is 5.69 Å². The fraction of sp³-hybridized carbons (Fsp3) is 0.364. The Balaban J connectivity index is 2.32. The first kappa shape index (κ1) is 9.83. The molecule has 1 aromatic rings. The summed E-state index contributed by atoms with van der Waals surface area (Å²) in [5.74, 6) is 0.149. The predicted molar refractivity (Wildman–Crippen MR) is 54.7 cm³/mol. The molecule has 0 saturated heterocycles. The second-order valence-electron chi connectivity index (χ2n) is 3.94. The molecule has 1 saturated carbocycles. The van der Waals surface area contributed by atoms with E-state index >= 15 is 0 Å². The Morgan fingerprint density at radius 3 is 2.20 bits per heavy atom. The van der Waals surface area contributed by atoms with E-state index in [4.69, 9.17) is 0 Å². The zero-order valence-corrected chi connectivity index (χ0v) is 8.40. The largest absolute Gasteiger partial charge is 0.299 e. The van der Waals surface area contributed by atoms with Gasteiger partial charge in [-0.05, 0) is 25.3 Å². The molecule has 0 amide bonds. The summed E-state index contributed by atoms with van der Waals surface area (Å²) in [6.07, 6.45) is 1.72. The van der Waals surface area contributed by atoms with Crippen molar-refractivity contribution in [3.63, 3.8) is 0 Å². The first-order valence-electron chi connectivity index (χ1n) is 4.82. The number of carbonyl (C=O) groups excluding carboxylic acids is 1. The Morgan fingerprint density at radius 1 is 1.33 bits per heavy atom. The smallest absolute Gasteiger partial charge is 0.269 e. The van der Waals surface area contributed by atoms with Crippen molar-refractivity contribution >= 4 is 11.5 Å². The van der Waals surface area contributed by atoms with Gasteiger partial charge in [0.2, 0.25) is 0 Å². The maximum atomic E-state index is 11.4. The number of Topliss-reactive ketones (excluding diaryl/α,β-unsaturated/α-hetero) is 1. The van der Waals surface area contributed by atoms with Gasteiger partial charge in [-0.15, -0.1) is 0 Å². The first-order valence-corrected chi connectivity index (χ1v) is 4.82. The Morgan fingerprint density at radius 2 is 1.87 bits per heavy atom. The SMILES string of the molecule is CC(=O)C1(c2ccc([N+](=O)[O-])cc2)CC1. The summed E-state index contributed by atoms with van der Waals surface area (Å²) in [4.78, 5) is 21.4. The van der Waals surface area contributed by atoms with Crippen LogP contribution in [0.5, 0.6) is 0 Å². The Hall–Kier alpha value is -1.71. The molecule has 0 N–H and O–H groups in total. The number of hydrogen-bond donors (Lipinski definition) is 0. The van der Waals surface area contributed by atoms with Crippen LogP contribution in [0.1, 0.15) is 25.3 Å². The molecule has 0 unspecified atom stereocenters. The van der Waals surface area contributed by atoms with Crippen molar-refractivity contribution < 1.29 is 9.72 Å². The number of rotatable bonds is 3. The molecule has 0 aliphatic heterocycles. The monoisotopic (exact) mass is 205 g/mol. The van der Waals surface area contributed by atoms with Gasteiger partial charge in [-0.2, -0.15) is 0 Å². The van der Waals surface area contributed by atoms with Crippen molar-refractivity contribution in [2.45, 2.75) is 25.2 Å². The topological polar surface area (TPSA) is 60.2 Å². The maximum absolute atomic E-state index is 11.4. The van der Waals surface area contributed by atoms with Crippen LogP contribution in [0.2, 0.25) is 0 Å². The average molecular weight is 205 g/mol. The molecule has 4 heteroatoms. The van der Waals surface area contributed by atoms with E-state index in [1.165, 1.54) is 12.1 Å². The zero-order valence-electron chi connectivity index (χ0n) is 8.40. The Bertz CT molecular complexity index is 418. The summed E-state index contributed by atoms with van der Waals surface area (Å²) in [5, 5.41) is 10.5. The van der Waals surface area contributed by atoms with E-state index in [0.717, 1.165) is 18.4 Å². The number of hydrogen-bond acceptors (Lipinski definition) is 3. The number of ketones is 1. The van der Waals surface area contributed by atoms with E-state index in [2.05, 4.69) is 0 Å². The molecule has 1 fully saturated rings. The molecule has 1 aliphatic carbocycles. The lowest BCUT2D eigenvalue weighted by Crippen LogP contribution is -2.16. The minimum Gasteiger partial charge on any atom is -0.299 e. The minimum atomic E-state index is -0.433. The van der Waals surface area contributed by atoms with Crippen molar-refractivity contribution in [3.8, 4) is 0 Å². The van der Waals surface area contributed by atoms with Crippen LogP contribution in [-0.4, -0.2) is 10.7 Å². The maximum Gasteiger partial charge on any atom is 0.269 e. The van der Waals surface area contributed by atoms with E-state index in [1.54, 1.807) is 19.1 Å². The standard InChI is InChI=1S/C11H11NO3/c1-8(13)11(6-7-11)9-2-4-10(5-3-9)12(14)15/h2-5H,6-7H2,1H3. The summed E-state index contributed by atoms with van der Waals surface area (Å²) in [6, 6.07) is 6.29. The molecule has 0 spiro atoms. The van der Waals surface area contributed by atoms with E-state index in [-0.39, 0.29) is 16.9 Å². The van der Waals surface area contributed by atoms with Crippen molar-refractivity contribution in [1.29, 1.82) is 0 Å².